The molecule has 1 aliphatic carbocycles. The highest BCUT2D eigenvalue weighted by molar-refractivity contribution is 7.91. The minimum atomic E-state index is -2.95. The van der Waals surface area contributed by atoms with Gasteiger partial charge in [0.2, 0.25) is 0 Å². The minimum absolute atomic E-state index is 0.114. The van der Waals surface area contributed by atoms with Gasteiger partial charge in [-0.05, 0) is 45.4 Å². The summed E-state index contributed by atoms with van der Waals surface area (Å²) in [7, 11) is -2.95. The Morgan fingerprint density at radius 1 is 1.15 bits per heavy atom. The lowest BCUT2D eigenvalue weighted by Crippen LogP contribution is -2.52. The number of anilines is 1. The predicted octanol–water partition coefficient (Wildman–Crippen LogP) is 1.16. The molecule has 0 aromatic carbocycles. The van der Waals surface area contributed by atoms with Crippen molar-refractivity contribution in [3.05, 3.63) is 18.1 Å². The fourth-order valence-corrected chi connectivity index (χ4v) is 6.04. The van der Waals surface area contributed by atoms with Crippen LogP contribution in [-0.4, -0.2) is 77.2 Å². The number of aromatic nitrogens is 2. The maximum absolute atomic E-state index is 11.6. The number of hydrogen-bond donors (Lipinski definition) is 1. The van der Waals surface area contributed by atoms with Gasteiger partial charge in [-0.2, -0.15) is 0 Å². The maximum Gasteiger partial charge on any atom is 0.150 e. The number of β-amino-alcohol motifs (C(OH)–C–C–N with tert-alkyl or cyclic N) is 1. The molecule has 1 saturated carbocycles. The topological polar surface area (TPSA) is 86.6 Å². The summed E-state index contributed by atoms with van der Waals surface area (Å²) in [6.45, 7) is 4.47. The highest BCUT2D eigenvalue weighted by Gasteiger charge is 2.40. The Labute approximate surface area is 161 Å². The molecule has 8 heteroatoms. The molecule has 27 heavy (non-hydrogen) atoms. The van der Waals surface area contributed by atoms with E-state index in [1.165, 1.54) is 12.8 Å². The van der Waals surface area contributed by atoms with Crippen molar-refractivity contribution in [1.82, 2.24) is 14.9 Å². The first-order valence-electron chi connectivity index (χ1n) is 10.1. The van der Waals surface area contributed by atoms with E-state index in [2.05, 4.69) is 25.8 Å². The van der Waals surface area contributed by atoms with Crippen molar-refractivity contribution in [3.8, 4) is 0 Å². The molecule has 4 rings (SSSR count). The third-order valence-electron chi connectivity index (χ3n) is 6.22. The van der Waals surface area contributed by atoms with Crippen LogP contribution < -0.4 is 4.90 Å². The third kappa shape index (κ3) is 4.60. The zero-order chi connectivity index (χ0) is 19.1. The Morgan fingerprint density at radius 2 is 1.78 bits per heavy atom. The number of piperidine rings is 1. The molecule has 1 aromatic heterocycles. The second kappa shape index (κ2) is 7.29. The summed E-state index contributed by atoms with van der Waals surface area (Å²) in [5.74, 6) is 1.27. The first kappa shape index (κ1) is 19.1. The lowest BCUT2D eigenvalue weighted by atomic mass is 9.94. The van der Waals surface area contributed by atoms with Crippen LogP contribution in [0.25, 0.3) is 0 Å². The Hall–Kier alpha value is -1.25. The quantitative estimate of drug-likeness (QED) is 0.802. The van der Waals surface area contributed by atoms with Crippen LogP contribution in [0.4, 0.5) is 5.82 Å². The summed E-state index contributed by atoms with van der Waals surface area (Å²) in [6.07, 6.45) is 6.95. The second-order valence-corrected chi connectivity index (χ2v) is 10.8. The monoisotopic (exact) mass is 394 g/mol. The van der Waals surface area contributed by atoms with E-state index >= 15 is 0 Å². The minimum Gasteiger partial charge on any atom is -0.388 e. The van der Waals surface area contributed by atoms with E-state index in [1.807, 2.05) is 6.92 Å². The maximum atomic E-state index is 11.6. The van der Waals surface area contributed by atoms with E-state index in [9.17, 15) is 13.5 Å². The van der Waals surface area contributed by atoms with Gasteiger partial charge in [-0.25, -0.2) is 18.4 Å². The summed E-state index contributed by atoms with van der Waals surface area (Å²) in [6, 6.07) is 3.16. The van der Waals surface area contributed by atoms with Crippen LogP contribution in [0.5, 0.6) is 0 Å². The van der Waals surface area contributed by atoms with Crippen LogP contribution in [-0.2, 0) is 9.84 Å². The number of nitrogens with zero attached hydrogens (tertiary/aromatic N) is 4. The first-order chi connectivity index (χ1) is 12.8. The van der Waals surface area contributed by atoms with Crippen molar-refractivity contribution in [1.29, 1.82) is 0 Å². The molecule has 2 saturated heterocycles. The first-order valence-corrected chi connectivity index (χ1v) is 11.9. The van der Waals surface area contributed by atoms with Crippen LogP contribution in [0.2, 0.25) is 0 Å². The van der Waals surface area contributed by atoms with Crippen LogP contribution in [0, 0.1) is 6.92 Å². The molecule has 0 amide bonds. The fraction of sp³-hybridized carbons (Fsp3) is 0.789. The lowest BCUT2D eigenvalue weighted by molar-refractivity contribution is -0.0105. The average Bonchev–Trinajstić information content (AvgIpc) is 3.45. The predicted molar refractivity (Wildman–Crippen MR) is 105 cm³/mol. The molecule has 3 aliphatic rings. The molecular formula is C19H30N4O3S. The van der Waals surface area contributed by atoms with E-state index in [0.29, 0.717) is 31.5 Å². The molecular weight excluding hydrogens is 364 g/mol. The smallest absolute Gasteiger partial charge is 0.150 e. The summed E-state index contributed by atoms with van der Waals surface area (Å²) < 4.78 is 23.3. The van der Waals surface area contributed by atoms with Crippen LogP contribution in [0.1, 0.15) is 44.2 Å². The Morgan fingerprint density at radius 3 is 2.37 bits per heavy atom. The standard InChI is InChI=1S/C19H30N4O3S/c1-15-12-18(21-14-20-15)23(16-2-3-16)17-4-8-22(9-5-17)13-19(24)6-10-27(25,26)11-7-19/h12,14,16-17,24H,2-11,13H2,1H3. The SMILES string of the molecule is Cc1cc(N(C2CC2)C2CCN(CC3(O)CCS(=O)(=O)CC3)CC2)ncn1. The number of likely N-dealkylation sites (tertiary alicyclic amines) is 1. The number of rotatable bonds is 5. The van der Waals surface area contributed by atoms with Gasteiger partial charge in [0.15, 0.2) is 9.84 Å². The summed E-state index contributed by atoms with van der Waals surface area (Å²) in [5.41, 5.74) is 0.149. The van der Waals surface area contributed by atoms with Gasteiger partial charge >= 0.3 is 0 Å². The van der Waals surface area contributed by atoms with Gasteiger partial charge in [0.1, 0.15) is 12.1 Å². The van der Waals surface area contributed by atoms with Crippen molar-refractivity contribution in [2.24, 2.45) is 0 Å². The van der Waals surface area contributed by atoms with Gasteiger partial charge in [-0.1, -0.05) is 0 Å². The van der Waals surface area contributed by atoms with Gasteiger partial charge in [0, 0.05) is 43.5 Å². The fourth-order valence-electron chi connectivity index (χ4n) is 4.45. The van der Waals surface area contributed by atoms with E-state index in [0.717, 1.165) is 37.4 Å². The highest BCUT2D eigenvalue weighted by atomic mass is 32.2. The van der Waals surface area contributed by atoms with Crippen molar-refractivity contribution in [3.63, 3.8) is 0 Å². The molecule has 0 spiro atoms. The summed E-state index contributed by atoms with van der Waals surface area (Å²) in [5, 5.41) is 10.8. The molecule has 7 nitrogen and oxygen atoms in total. The number of hydrogen-bond acceptors (Lipinski definition) is 7. The van der Waals surface area contributed by atoms with Crippen LogP contribution in [0.3, 0.4) is 0 Å². The summed E-state index contributed by atoms with van der Waals surface area (Å²) >= 11 is 0. The zero-order valence-electron chi connectivity index (χ0n) is 16.0. The number of aryl methyl sites for hydroxylation is 1. The highest BCUT2D eigenvalue weighted by Crippen LogP contribution is 2.35. The molecule has 0 radical (unpaired) electrons. The molecule has 1 aromatic rings. The van der Waals surface area contributed by atoms with Crippen LogP contribution >= 0.6 is 0 Å². The Bertz CT molecular complexity index is 759. The summed E-state index contributed by atoms with van der Waals surface area (Å²) in [4.78, 5) is 13.5. The lowest BCUT2D eigenvalue weighted by Gasteiger charge is -2.42. The third-order valence-corrected chi connectivity index (χ3v) is 7.87. The van der Waals surface area contributed by atoms with E-state index in [-0.39, 0.29) is 11.5 Å². The van der Waals surface area contributed by atoms with E-state index in [4.69, 9.17) is 0 Å². The van der Waals surface area contributed by atoms with Gasteiger partial charge in [-0.3, -0.25) is 0 Å². The van der Waals surface area contributed by atoms with Crippen molar-refractivity contribution < 1.29 is 13.5 Å². The average molecular weight is 395 g/mol. The van der Waals surface area contributed by atoms with Gasteiger partial charge < -0.3 is 14.9 Å². The second-order valence-electron chi connectivity index (χ2n) is 8.54. The van der Waals surface area contributed by atoms with E-state index in [1.54, 1.807) is 6.33 Å². The normalized spacial score (nSPS) is 26.0. The molecule has 0 bridgehead atoms. The van der Waals surface area contributed by atoms with Crippen molar-refractivity contribution >= 4 is 15.7 Å². The number of sulfone groups is 1. The Balaban J connectivity index is 1.35. The molecule has 1 N–H and O–H groups in total. The number of aliphatic hydroxyl groups is 1. The van der Waals surface area contributed by atoms with Gasteiger partial charge in [0.25, 0.3) is 0 Å². The largest absolute Gasteiger partial charge is 0.388 e. The molecule has 150 valence electrons. The zero-order valence-corrected chi connectivity index (χ0v) is 16.9. The molecule has 3 fully saturated rings. The van der Waals surface area contributed by atoms with E-state index < -0.39 is 15.4 Å². The molecule has 0 atom stereocenters. The Kier molecular flexibility index (Phi) is 5.16. The molecule has 3 heterocycles. The molecule has 2 aliphatic heterocycles. The van der Waals surface area contributed by atoms with Gasteiger partial charge in [0.05, 0.1) is 17.1 Å². The van der Waals surface area contributed by atoms with Crippen molar-refractivity contribution in [2.75, 3.05) is 36.0 Å². The van der Waals surface area contributed by atoms with Crippen LogP contribution in [0.15, 0.2) is 12.4 Å². The molecule has 0 unspecified atom stereocenters. The van der Waals surface area contributed by atoms with Gasteiger partial charge in [-0.15, -0.1) is 0 Å². The van der Waals surface area contributed by atoms with Crippen molar-refractivity contribution in [2.45, 2.75) is 63.1 Å².